The molecule has 1 fully saturated rings. The Hall–Kier alpha value is -2.11. The van der Waals surface area contributed by atoms with E-state index in [9.17, 15) is 8.42 Å². The minimum Gasteiger partial charge on any atom is -0.478 e. The van der Waals surface area contributed by atoms with Crippen LogP contribution in [0, 0.1) is 12.8 Å². The summed E-state index contributed by atoms with van der Waals surface area (Å²) in [4.78, 5) is 0.327. The van der Waals surface area contributed by atoms with Crippen LogP contribution in [-0.2, 0) is 14.8 Å². The molecular formula is C20H21NO3S. The minimum atomic E-state index is -3.56. The van der Waals surface area contributed by atoms with Crippen molar-refractivity contribution in [1.82, 2.24) is 4.31 Å². The second-order valence-electron chi connectivity index (χ2n) is 6.67. The van der Waals surface area contributed by atoms with Gasteiger partial charge >= 0.3 is 0 Å². The highest BCUT2D eigenvalue weighted by Crippen LogP contribution is 2.46. The molecule has 130 valence electrons. The second kappa shape index (κ2) is 6.00. The first kappa shape index (κ1) is 16.4. The van der Waals surface area contributed by atoms with Crippen LogP contribution in [0.15, 0.2) is 65.3 Å². The molecule has 1 saturated heterocycles. The SMILES string of the molecule is CC1=C(c2ccccc2)[C@H]2CCN(S(=O)(=O)c3ccc(C)cc3)[C@H]2O1. The van der Waals surface area contributed by atoms with Gasteiger partial charge in [0.25, 0.3) is 0 Å². The highest BCUT2D eigenvalue weighted by Gasteiger charge is 2.48. The average molecular weight is 355 g/mol. The van der Waals surface area contributed by atoms with Gasteiger partial charge in [0.05, 0.1) is 10.7 Å². The summed E-state index contributed by atoms with van der Waals surface area (Å²) in [6.07, 6.45) is 0.332. The molecule has 2 aromatic rings. The number of hydrogen-bond donors (Lipinski definition) is 0. The zero-order valence-electron chi connectivity index (χ0n) is 14.3. The van der Waals surface area contributed by atoms with Crippen LogP contribution in [0.5, 0.6) is 0 Å². The van der Waals surface area contributed by atoms with Crippen LogP contribution in [0.1, 0.15) is 24.5 Å². The molecule has 0 aromatic heterocycles. The second-order valence-corrected chi connectivity index (χ2v) is 8.56. The lowest BCUT2D eigenvalue weighted by Gasteiger charge is -2.23. The van der Waals surface area contributed by atoms with Gasteiger partial charge in [-0.05, 0) is 38.0 Å². The molecule has 0 radical (unpaired) electrons. The van der Waals surface area contributed by atoms with E-state index in [0.29, 0.717) is 11.4 Å². The first-order chi connectivity index (χ1) is 12.0. The fourth-order valence-corrected chi connectivity index (χ4v) is 5.37. The van der Waals surface area contributed by atoms with Gasteiger partial charge in [0.15, 0.2) is 6.23 Å². The van der Waals surface area contributed by atoms with E-state index in [1.165, 1.54) is 4.31 Å². The molecule has 0 spiro atoms. The third kappa shape index (κ3) is 2.68. The Morgan fingerprint density at radius 1 is 1.00 bits per heavy atom. The number of allylic oxidation sites excluding steroid dienone is 1. The molecule has 4 rings (SSSR count). The van der Waals surface area contributed by atoms with Crippen molar-refractivity contribution in [2.24, 2.45) is 5.92 Å². The molecule has 4 nitrogen and oxygen atoms in total. The lowest BCUT2D eigenvalue weighted by Crippen LogP contribution is -2.37. The van der Waals surface area contributed by atoms with E-state index >= 15 is 0 Å². The topological polar surface area (TPSA) is 46.6 Å². The predicted octanol–water partition coefficient (Wildman–Crippen LogP) is 3.79. The quantitative estimate of drug-likeness (QED) is 0.841. The van der Waals surface area contributed by atoms with E-state index in [1.54, 1.807) is 12.1 Å². The molecule has 0 saturated carbocycles. The fraction of sp³-hybridized carbons (Fsp3) is 0.300. The number of fused-ring (bicyclic) bond motifs is 1. The van der Waals surface area contributed by atoms with Gasteiger partial charge in [-0.2, -0.15) is 4.31 Å². The van der Waals surface area contributed by atoms with Gasteiger partial charge in [-0.3, -0.25) is 0 Å². The number of sulfonamides is 1. The predicted molar refractivity (Wildman–Crippen MR) is 97.1 cm³/mol. The zero-order valence-corrected chi connectivity index (χ0v) is 15.2. The maximum absolute atomic E-state index is 13.1. The van der Waals surface area contributed by atoms with E-state index in [-0.39, 0.29) is 5.92 Å². The Morgan fingerprint density at radius 2 is 1.68 bits per heavy atom. The van der Waals surface area contributed by atoms with Crippen molar-refractivity contribution in [3.63, 3.8) is 0 Å². The molecule has 2 aromatic carbocycles. The molecular weight excluding hydrogens is 334 g/mol. The van der Waals surface area contributed by atoms with Gasteiger partial charge in [-0.1, -0.05) is 48.0 Å². The molecule has 0 bridgehead atoms. The van der Waals surface area contributed by atoms with Gasteiger partial charge in [0, 0.05) is 18.0 Å². The Balaban J connectivity index is 1.66. The maximum atomic E-state index is 13.1. The van der Waals surface area contributed by atoms with Crippen molar-refractivity contribution >= 4 is 15.6 Å². The van der Waals surface area contributed by atoms with Crippen molar-refractivity contribution in [1.29, 1.82) is 0 Å². The molecule has 25 heavy (non-hydrogen) atoms. The van der Waals surface area contributed by atoms with Crippen molar-refractivity contribution in [3.05, 3.63) is 71.5 Å². The molecule has 0 aliphatic carbocycles. The third-order valence-corrected chi connectivity index (χ3v) is 6.92. The maximum Gasteiger partial charge on any atom is 0.246 e. The lowest BCUT2D eigenvalue weighted by atomic mass is 9.92. The molecule has 0 unspecified atom stereocenters. The summed E-state index contributed by atoms with van der Waals surface area (Å²) >= 11 is 0. The molecule has 5 heteroatoms. The normalized spacial score (nSPS) is 23.6. The molecule has 2 aliphatic heterocycles. The summed E-state index contributed by atoms with van der Waals surface area (Å²) in [6, 6.07) is 17.1. The Bertz CT molecular complexity index is 917. The summed E-state index contributed by atoms with van der Waals surface area (Å²) in [5.41, 5.74) is 3.29. The number of benzene rings is 2. The highest BCUT2D eigenvalue weighted by atomic mass is 32.2. The van der Waals surface area contributed by atoms with Crippen LogP contribution < -0.4 is 0 Å². The largest absolute Gasteiger partial charge is 0.478 e. The number of nitrogens with zero attached hydrogens (tertiary/aromatic N) is 1. The first-order valence-electron chi connectivity index (χ1n) is 8.50. The van der Waals surface area contributed by atoms with Crippen LogP contribution in [0.2, 0.25) is 0 Å². The van der Waals surface area contributed by atoms with Gasteiger partial charge in [-0.15, -0.1) is 0 Å². The van der Waals surface area contributed by atoms with Gasteiger partial charge < -0.3 is 4.74 Å². The van der Waals surface area contributed by atoms with Gasteiger partial charge in [0.2, 0.25) is 10.0 Å². The van der Waals surface area contributed by atoms with Crippen molar-refractivity contribution in [3.8, 4) is 0 Å². The summed E-state index contributed by atoms with van der Waals surface area (Å²) in [7, 11) is -3.56. The van der Waals surface area contributed by atoms with E-state index < -0.39 is 16.3 Å². The summed E-state index contributed by atoms with van der Waals surface area (Å²) < 4.78 is 33.7. The highest BCUT2D eigenvalue weighted by molar-refractivity contribution is 7.89. The molecule has 2 atom stereocenters. The first-order valence-corrected chi connectivity index (χ1v) is 9.94. The van der Waals surface area contributed by atoms with Crippen LogP contribution >= 0.6 is 0 Å². The van der Waals surface area contributed by atoms with E-state index in [1.807, 2.05) is 44.2 Å². The Labute approximate surface area is 148 Å². The summed E-state index contributed by atoms with van der Waals surface area (Å²) in [5.74, 6) is 0.910. The fourth-order valence-electron chi connectivity index (χ4n) is 3.81. The van der Waals surface area contributed by atoms with Crippen LogP contribution in [-0.4, -0.2) is 25.5 Å². The van der Waals surface area contributed by atoms with Crippen LogP contribution in [0.3, 0.4) is 0 Å². The van der Waals surface area contributed by atoms with E-state index in [4.69, 9.17) is 4.74 Å². The van der Waals surface area contributed by atoms with E-state index in [0.717, 1.165) is 28.9 Å². The van der Waals surface area contributed by atoms with E-state index in [2.05, 4.69) is 12.1 Å². The van der Waals surface area contributed by atoms with Crippen molar-refractivity contribution < 1.29 is 13.2 Å². The number of aryl methyl sites for hydroxylation is 1. The summed E-state index contributed by atoms with van der Waals surface area (Å²) in [5, 5.41) is 0. The molecule has 2 aliphatic rings. The average Bonchev–Trinajstić information content (AvgIpc) is 3.14. The molecule has 0 N–H and O–H groups in total. The minimum absolute atomic E-state index is 0.0858. The molecule has 2 heterocycles. The van der Waals surface area contributed by atoms with Gasteiger partial charge in [-0.25, -0.2) is 8.42 Å². The monoisotopic (exact) mass is 355 g/mol. The molecule has 0 amide bonds. The Morgan fingerprint density at radius 3 is 2.36 bits per heavy atom. The number of hydrogen-bond acceptors (Lipinski definition) is 3. The smallest absolute Gasteiger partial charge is 0.246 e. The van der Waals surface area contributed by atoms with Crippen LogP contribution in [0.25, 0.3) is 5.57 Å². The third-order valence-electron chi connectivity index (χ3n) is 5.05. The summed E-state index contributed by atoms with van der Waals surface area (Å²) in [6.45, 7) is 4.36. The number of rotatable bonds is 3. The van der Waals surface area contributed by atoms with Crippen molar-refractivity contribution in [2.75, 3.05) is 6.54 Å². The lowest BCUT2D eigenvalue weighted by molar-refractivity contribution is 0.0572. The standard InChI is InChI=1S/C20H21NO3S/c1-14-8-10-17(11-9-14)25(22,23)21-13-12-18-19(15(2)24-20(18)21)16-6-4-3-5-7-16/h3-11,18,20H,12-13H2,1-2H3/t18-,20+/m1/s1. The van der Waals surface area contributed by atoms with Gasteiger partial charge in [0.1, 0.15) is 0 Å². The Kier molecular flexibility index (Phi) is 3.93. The van der Waals surface area contributed by atoms with Crippen molar-refractivity contribution in [2.45, 2.75) is 31.4 Å². The van der Waals surface area contributed by atoms with Crippen LogP contribution in [0.4, 0.5) is 0 Å². The number of ether oxygens (including phenoxy) is 1. The zero-order chi connectivity index (χ0) is 17.6.